The molecular weight excluding hydrogens is 300 g/mol. The highest BCUT2D eigenvalue weighted by molar-refractivity contribution is 5.98. The Hall–Kier alpha value is -2.54. The highest BCUT2D eigenvalue weighted by Crippen LogP contribution is 2.28. The number of amides is 1. The summed E-state index contributed by atoms with van der Waals surface area (Å²) in [6.45, 7) is 1.94. The van der Waals surface area contributed by atoms with Crippen molar-refractivity contribution in [2.24, 2.45) is 0 Å². The van der Waals surface area contributed by atoms with Crippen molar-refractivity contribution in [3.05, 3.63) is 34.1 Å². The summed E-state index contributed by atoms with van der Waals surface area (Å²) in [5, 5.41) is 0.361. The van der Waals surface area contributed by atoms with Gasteiger partial charge in [-0.2, -0.15) is 0 Å². The van der Waals surface area contributed by atoms with E-state index >= 15 is 0 Å². The number of aromatic amines is 1. The van der Waals surface area contributed by atoms with Gasteiger partial charge in [-0.1, -0.05) is 0 Å². The van der Waals surface area contributed by atoms with Crippen LogP contribution in [0.4, 0.5) is 0 Å². The first-order chi connectivity index (χ1) is 11.2. The Kier molecular flexibility index (Phi) is 4.20. The van der Waals surface area contributed by atoms with Crippen molar-refractivity contribution in [2.45, 2.75) is 0 Å². The van der Waals surface area contributed by atoms with Crippen LogP contribution in [0.5, 0.6) is 11.5 Å². The van der Waals surface area contributed by atoms with Crippen LogP contribution in [0.15, 0.2) is 23.1 Å². The highest BCUT2D eigenvalue weighted by atomic mass is 16.5. The molecule has 0 aliphatic carbocycles. The van der Waals surface area contributed by atoms with Crippen molar-refractivity contribution in [1.82, 2.24) is 9.88 Å². The molecule has 23 heavy (non-hydrogen) atoms. The molecule has 1 fully saturated rings. The molecule has 1 aromatic carbocycles. The van der Waals surface area contributed by atoms with Gasteiger partial charge in [0.05, 0.1) is 38.3 Å². The smallest absolute Gasteiger partial charge is 0.259 e. The number of H-pyrrole nitrogens is 1. The molecular formula is C16H18N2O5. The number of fused-ring (bicyclic) bond motifs is 1. The maximum atomic E-state index is 12.7. The minimum atomic E-state index is -0.340. The molecule has 1 saturated heterocycles. The predicted molar refractivity (Wildman–Crippen MR) is 84.4 cm³/mol. The number of carbonyl (C=O) groups is 1. The standard InChI is InChI=1S/C16H18N2O5/c1-21-10-7-11-14(13(8-10)22-2)17-9-12(15(11)19)16(20)18-3-5-23-6-4-18/h7-9H,3-6H2,1-2H3,(H,17,19). The molecule has 0 atom stereocenters. The van der Waals surface area contributed by atoms with Crippen LogP contribution in [0.1, 0.15) is 10.4 Å². The third-order valence-electron chi connectivity index (χ3n) is 3.91. The van der Waals surface area contributed by atoms with E-state index in [9.17, 15) is 9.59 Å². The molecule has 7 nitrogen and oxygen atoms in total. The minimum Gasteiger partial charge on any atom is -0.497 e. The summed E-state index contributed by atoms with van der Waals surface area (Å²) in [5.41, 5.74) is 0.305. The first-order valence-electron chi connectivity index (χ1n) is 7.30. The molecule has 1 N–H and O–H groups in total. The van der Waals surface area contributed by atoms with Gasteiger partial charge < -0.3 is 24.1 Å². The zero-order chi connectivity index (χ0) is 16.4. The molecule has 2 heterocycles. The highest BCUT2D eigenvalue weighted by Gasteiger charge is 2.22. The Morgan fingerprint density at radius 2 is 1.96 bits per heavy atom. The monoisotopic (exact) mass is 318 g/mol. The lowest BCUT2D eigenvalue weighted by Crippen LogP contribution is -2.42. The number of ether oxygens (including phenoxy) is 3. The normalized spacial score (nSPS) is 14.8. The van der Waals surface area contributed by atoms with Crippen LogP contribution >= 0.6 is 0 Å². The van der Waals surface area contributed by atoms with Gasteiger partial charge in [-0.15, -0.1) is 0 Å². The number of morpholine rings is 1. The minimum absolute atomic E-state index is 0.106. The zero-order valence-electron chi connectivity index (χ0n) is 13.0. The molecule has 122 valence electrons. The second-order valence-electron chi connectivity index (χ2n) is 5.19. The van der Waals surface area contributed by atoms with Crippen LogP contribution in [-0.2, 0) is 4.74 Å². The fraction of sp³-hybridized carbons (Fsp3) is 0.375. The van der Waals surface area contributed by atoms with Crippen LogP contribution in [0.25, 0.3) is 10.9 Å². The van der Waals surface area contributed by atoms with Crippen molar-refractivity contribution in [1.29, 1.82) is 0 Å². The SMILES string of the molecule is COc1cc(OC)c2[nH]cc(C(=O)N3CCOCC3)c(=O)c2c1. The summed E-state index contributed by atoms with van der Waals surface area (Å²) in [6.07, 6.45) is 1.44. The van der Waals surface area contributed by atoms with E-state index in [4.69, 9.17) is 14.2 Å². The van der Waals surface area contributed by atoms with Crippen molar-refractivity contribution in [3.8, 4) is 11.5 Å². The Morgan fingerprint density at radius 3 is 2.61 bits per heavy atom. The van der Waals surface area contributed by atoms with E-state index in [1.54, 1.807) is 17.0 Å². The van der Waals surface area contributed by atoms with Crippen molar-refractivity contribution in [2.75, 3.05) is 40.5 Å². The number of aromatic nitrogens is 1. The van der Waals surface area contributed by atoms with E-state index in [0.29, 0.717) is 48.7 Å². The van der Waals surface area contributed by atoms with Gasteiger partial charge in [0.1, 0.15) is 17.1 Å². The summed E-state index contributed by atoms with van der Waals surface area (Å²) in [4.78, 5) is 29.9. The van der Waals surface area contributed by atoms with Gasteiger partial charge in [-0.25, -0.2) is 0 Å². The topological polar surface area (TPSA) is 80.9 Å². The number of hydrogen-bond acceptors (Lipinski definition) is 5. The van der Waals surface area contributed by atoms with Crippen molar-refractivity contribution < 1.29 is 19.0 Å². The summed E-state index contributed by atoms with van der Waals surface area (Å²) < 4.78 is 15.7. The van der Waals surface area contributed by atoms with E-state index in [0.717, 1.165) is 0 Å². The molecule has 1 amide bonds. The molecule has 0 unspecified atom stereocenters. The van der Waals surface area contributed by atoms with Gasteiger partial charge in [-0.05, 0) is 6.07 Å². The molecule has 0 radical (unpaired) electrons. The number of methoxy groups -OCH3 is 2. The molecule has 0 spiro atoms. The Labute approximate surface area is 132 Å². The van der Waals surface area contributed by atoms with Gasteiger partial charge in [-0.3, -0.25) is 9.59 Å². The number of pyridine rings is 1. The average molecular weight is 318 g/mol. The molecule has 2 aromatic rings. The Bertz CT molecular complexity index is 793. The maximum Gasteiger partial charge on any atom is 0.259 e. The largest absolute Gasteiger partial charge is 0.497 e. The molecule has 0 saturated carbocycles. The molecule has 0 bridgehead atoms. The number of nitrogens with one attached hydrogen (secondary N) is 1. The fourth-order valence-corrected chi connectivity index (χ4v) is 2.65. The number of carbonyl (C=O) groups excluding carboxylic acids is 1. The lowest BCUT2D eigenvalue weighted by Gasteiger charge is -2.26. The molecule has 1 aliphatic heterocycles. The quantitative estimate of drug-likeness (QED) is 0.914. The van der Waals surface area contributed by atoms with Crippen LogP contribution in [0.3, 0.4) is 0 Å². The fourth-order valence-electron chi connectivity index (χ4n) is 2.65. The Balaban J connectivity index is 2.11. The van der Waals surface area contributed by atoms with Gasteiger partial charge in [0.15, 0.2) is 0 Å². The lowest BCUT2D eigenvalue weighted by molar-refractivity contribution is 0.0302. The molecule has 1 aromatic heterocycles. The van der Waals surface area contributed by atoms with Crippen molar-refractivity contribution in [3.63, 3.8) is 0 Å². The van der Waals surface area contributed by atoms with Crippen molar-refractivity contribution >= 4 is 16.8 Å². The second kappa shape index (κ2) is 6.29. The predicted octanol–water partition coefficient (Wildman–Crippen LogP) is 1.02. The summed E-state index contributed by atoms with van der Waals surface area (Å²) >= 11 is 0. The summed E-state index contributed by atoms with van der Waals surface area (Å²) in [5.74, 6) is 0.691. The van der Waals surface area contributed by atoms with Gasteiger partial charge in [0, 0.05) is 25.4 Å². The van der Waals surface area contributed by atoms with Gasteiger partial charge in [0.25, 0.3) is 5.91 Å². The van der Waals surface area contributed by atoms with Gasteiger partial charge in [0.2, 0.25) is 5.43 Å². The number of hydrogen-bond donors (Lipinski definition) is 1. The first-order valence-corrected chi connectivity index (χ1v) is 7.30. The summed E-state index contributed by atoms with van der Waals surface area (Å²) in [7, 11) is 3.02. The van der Waals surface area contributed by atoms with Crippen LogP contribution < -0.4 is 14.9 Å². The van der Waals surface area contributed by atoms with E-state index in [1.807, 2.05) is 0 Å². The third kappa shape index (κ3) is 2.75. The van der Waals surface area contributed by atoms with E-state index in [2.05, 4.69) is 4.98 Å². The average Bonchev–Trinajstić information content (AvgIpc) is 2.61. The number of benzene rings is 1. The summed E-state index contributed by atoms with van der Waals surface area (Å²) in [6, 6.07) is 3.29. The van der Waals surface area contributed by atoms with Crippen LogP contribution in [0, 0.1) is 0 Å². The first kappa shape index (κ1) is 15.4. The molecule has 3 rings (SSSR count). The molecule has 7 heteroatoms. The van der Waals surface area contributed by atoms with E-state index in [-0.39, 0.29) is 16.9 Å². The second-order valence-corrected chi connectivity index (χ2v) is 5.19. The maximum absolute atomic E-state index is 12.7. The lowest BCUT2D eigenvalue weighted by atomic mass is 10.1. The van der Waals surface area contributed by atoms with Crippen LogP contribution in [0.2, 0.25) is 0 Å². The Morgan fingerprint density at radius 1 is 1.22 bits per heavy atom. The van der Waals surface area contributed by atoms with Crippen LogP contribution in [-0.4, -0.2) is 56.3 Å². The van der Waals surface area contributed by atoms with Gasteiger partial charge >= 0.3 is 0 Å². The third-order valence-corrected chi connectivity index (χ3v) is 3.91. The van der Waals surface area contributed by atoms with E-state index < -0.39 is 0 Å². The van der Waals surface area contributed by atoms with E-state index in [1.165, 1.54) is 20.4 Å². The number of nitrogens with zero attached hydrogens (tertiary/aromatic N) is 1. The zero-order valence-corrected chi connectivity index (χ0v) is 13.0. The number of rotatable bonds is 3. The molecule has 1 aliphatic rings.